The van der Waals surface area contributed by atoms with Crippen LogP contribution >= 0.6 is 0 Å². The summed E-state index contributed by atoms with van der Waals surface area (Å²) in [6, 6.07) is 0. The van der Waals surface area contributed by atoms with Gasteiger partial charge in [0.25, 0.3) is 5.92 Å². The Morgan fingerprint density at radius 1 is 1.64 bits per heavy atom. The Kier molecular flexibility index (Phi) is 3.25. The second-order valence-electron chi connectivity index (χ2n) is 3.25. The highest BCUT2D eigenvalue weighted by atomic mass is 19.3. The topological polar surface area (TPSA) is 38.8 Å². The molecule has 0 spiro atoms. The molecule has 1 atom stereocenters. The van der Waals surface area contributed by atoms with Crippen LogP contribution in [-0.4, -0.2) is 49.8 Å². The van der Waals surface area contributed by atoms with E-state index >= 15 is 0 Å². The lowest BCUT2D eigenvalue weighted by Crippen LogP contribution is -2.36. The van der Waals surface area contributed by atoms with Crippen LogP contribution in [0.4, 0.5) is 13.6 Å². The number of alkyl halides is 2. The summed E-state index contributed by atoms with van der Waals surface area (Å²) in [6.07, 6.45) is -2.43. The molecule has 1 heterocycles. The van der Waals surface area contributed by atoms with E-state index in [0.717, 1.165) is 0 Å². The molecule has 1 aliphatic rings. The molecule has 0 saturated carbocycles. The summed E-state index contributed by atoms with van der Waals surface area (Å²) in [5.41, 5.74) is 0. The minimum absolute atomic E-state index is 0.0335. The lowest BCUT2D eigenvalue weighted by Gasteiger charge is -2.17. The molecule has 1 unspecified atom stereocenters. The van der Waals surface area contributed by atoms with Gasteiger partial charge in [-0.2, -0.15) is 0 Å². The van der Waals surface area contributed by atoms with Crippen molar-refractivity contribution in [1.82, 2.24) is 4.90 Å². The van der Waals surface area contributed by atoms with Crippen LogP contribution in [0.25, 0.3) is 0 Å². The molecule has 1 fully saturated rings. The fraction of sp³-hybridized carbons (Fsp3) is 0.875. The fourth-order valence-corrected chi connectivity index (χ4v) is 1.33. The summed E-state index contributed by atoms with van der Waals surface area (Å²) >= 11 is 0. The zero-order valence-electron chi connectivity index (χ0n) is 8.13. The van der Waals surface area contributed by atoms with Gasteiger partial charge >= 0.3 is 6.16 Å². The Labute approximate surface area is 80.8 Å². The van der Waals surface area contributed by atoms with Crippen molar-refractivity contribution >= 4 is 6.16 Å². The van der Waals surface area contributed by atoms with Crippen LogP contribution < -0.4 is 0 Å². The maximum absolute atomic E-state index is 13.1. The Bertz CT molecular complexity index is 223. The van der Waals surface area contributed by atoms with Crippen LogP contribution in [0.2, 0.25) is 0 Å². The number of hydrogen-bond donors (Lipinski definition) is 0. The molecule has 1 rings (SSSR count). The monoisotopic (exact) mass is 209 g/mol. The van der Waals surface area contributed by atoms with Gasteiger partial charge < -0.3 is 9.47 Å². The van der Waals surface area contributed by atoms with Crippen LogP contribution in [0, 0.1) is 0 Å². The van der Waals surface area contributed by atoms with Crippen molar-refractivity contribution in [2.24, 2.45) is 0 Å². The summed E-state index contributed by atoms with van der Waals surface area (Å²) in [5, 5.41) is 0. The molecular formula is C8H13F2NO3. The van der Waals surface area contributed by atoms with E-state index in [4.69, 9.17) is 0 Å². The largest absolute Gasteiger partial charge is 0.508 e. The normalized spacial score (nSPS) is 26.1. The summed E-state index contributed by atoms with van der Waals surface area (Å²) < 4.78 is 35.1. The quantitative estimate of drug-likeness (QED) is 0.638. The van der Waals surface area contributed by atoms with Crippen molar-refractivity contribution in [3.8, 4) is 0 Å². The molecule has 0 N–H and O–H groups in total. The molecule has 4 nitrogen and oxygen atoms in total. The molecule has 1 saturated heterocycles. The number of nitrogens with zero attached hydrogens (tertiary/aromatic N) is 1. The van der Waals surface area contributed by atoms with Crippen molar-refractivity contribution in [3.05, 3.63) is 0 Å². The number of likely N-dealkylation sites (tertiary alicyclic amines) is 1. The smallest absolute Gasteiger partial charge is 0.435 e. The van der Waals surface area contributed by atoms with Crippen LogP contribution in [-0.2, 0) is 9.47 Å². The third-order valence-corrected chi connectivity index (χ3v) is 1.93. The molecule has 0 aromatic rings. The molecular weight excluding hydrogens is 196 g/mol. The fourth-order valence-electron chi connectivity index (χ4n) is 1.33. The Balaban J connectivity index is 2.48. The molecule has 82 valence electrons. The molecule has 0 radical (unpaired) electrons. The van der Waals surface area contributed by atoms with Gasteiger partial charge in [-0.1, -0.05) is 0 Å². The number of hydrogen-bond acceptors (Lipinski definition) is 4. The van der Waals surface area contributed by atoms with E-state index in [1.54, 1.807) is 14.0 Å². The second kappa shape index (κ2) is 4.08. The van der Waals surface area contributed by atoms with Crippen molar-refractivity contribution < 1.29 is 23.0 Å². The SMILES string of the molecule is CCOC(=O)OC1CN(C)CC1(F)F. The summed E-state index contributed by atoms with van der Waals surface area (Å²) in [5.74, 6) is -2.98. The number of halogens is 2. The highest BCUT2D eigenvalue weighted by Gasteiger charge is 2.49. The first-order valence-electron chi connectivity index (χ1n) is 4.35. The third kappa shape index (κ3) is 2.54. The van der Waals surface area contributed by atoms with E-state index in [-0.39, 0.29) is 13.2 Å². The Morgan fingerprint density at radius 2 is 2.29 bits per heavy atom. The number of likely N-dealkylation sites (N-methyl/N-ethyl adjacent to an activating group) is 1. The van der Waals surface area contributed by atoms with E-state index in [2.05, 4.69) is 9.47 Å². The van der Waals surface area contributed by atoms with Gasteiger partial charge in [0.1, 0.15) is 0 Å². The number of rotatable bonds is 2. The first-order chi connectivity index (χ1) is 6.45. The molecule has 0 aromatic heterocycles. The number of carbonyl (C=O) groups is 1. The van der Waals surface area contributed by atoms with Gasteiger partial charge in [-0.3, -0.25) is 4.90 Å². The average Bonchev–Trinajstić information content (AvgIpc) is 2.25. The minimum atomic E-state index is -2.98. The molecule has 0 aliphatic carbocycles. The van der Waals surface area contributed by atoms with Gasteiger partial charge in [0.05, 0.1) is 13.2 Å². The van der Waals surface area contributed by atoms with Gasteiger partial charge in [0.15, 0.2) is 6.10 Å². The van der Waals surface area contributed by atoms with Crippen LogP contribution in [0.5, 0.6) is 0 Å². The first kappa shape index (κ1) is 11.2. The highest BCUT2D eigenvalue weighted by Crippen LogP contribution is 2.29. The molecule has 0 amide bonds. The van der Waals surface area contributed by atoms with E-state index in [0.29, 0.717) is 0 Å². The molecule has 14 heavy (non-hydrogen) atoms. The summed E-state index contributed by atoms with van der Waals surface area (Å²) in [6.45, 7) is 1.34. The van der Waals surface area contributed by atoms with E-state index in [1.165, 1.54) is 4.90 Å². The maximum Gasteiger partial charge on any atom is 0.508 e. The molecule has 1 aliphatic heterocycles. The van der Waals surface area contributed by atoms with Gasteiger partial charge in [0, 0.05) is 6.54 Å². The maximum atomic E-state index is 13.1. The van der Waals surface area contributed by atoms with Gasteiger partial charge in [-0.15, -0.1) is 0 Å². The first-order valence-corrected chi connectivity index (χ1v) is 4.35. The third-order valence-electron chi connectivity index (χ3n) is 1.93. The van der Waals surface area contributed by atoms with Crippen LogP contribution in [0.1, 0.15) is 6.92 Å². The zero-order valence-corrected chi connectivity index (χ0v) is 8.13. The highest BCUT2D eigenvalue weighted by molar-refractivity contribution is 5.60. The molecule has 6 heteroatoms. The van der Waals surface area contributed by atoms with Gasteiger partial charge in [-0.25, -0.2) is 13.6 Å². The summed E-state index contributed by atoms with van der Waals surface area (Å²) in [7, 11) is 1.54. The minimum Gasteiger partial charge on any atom is -0.435 e. The number of ether oxygens (including phenoxy) is 2. The van der Waals surface area contributed by atoms with Crippen molar-refractivity contribution in [2.45, 2.75) is 19.0 Å². The zero-order chi connectivity index (χ0) is 10.8. The number of carbonyl (C=O) groups excluding carboxylic acids is 1. The van der Waals surface area contributed by atoms with E-state index in [9.17, 15) is 13.6 Å². The van der Waals surface area contributed by atoms with Crippen LogP contribution in [0.15, 0.2) is 0 Å². The van der Waals surface area contributed by atoms with Gasteiger partial charge in [0.2, 0.25) is 0 Å². The second-order valence-corrected chi connectivity index (χ2v) is 3.25. The van der Waals surface area contributed by atoms with Gasteiger partial charge in [-0.05, 0) is 14.0 Å². The predicted molar refractivity (Wildman–Crippen MR) is 44.3 cm³/mol. The Morgan fingerprint density at radius 3 is 2.71 bits per heavy atom. The predicted octanol–water partition coefficient (Wildman–Crippen LogP) is 1.11. The molecule has 0 bridgehead atoms. The van der Waals surface area contributed by atoms with Crippen LogP contribution in [0.3, 0.4) is 0 Å². The lowest BCUT2D eigenvalue weighted by molar-refractivity contribution is -0.0921. The van der Waals surface area contributed by atoms with Crippen molar-refractivity contribution in [3.63, 3.8) is 0 Å². The van der Waals surface area contributed by atoms with E-state index < -0.39 is 24.7 Å². The lowest BCUT2D eigenvalue weighted by atomic mass is 10.2. The van der Waals surface area contributed by atoms with Crippen molar-refractivity contribution in [1.29, 1.82) is 0 Å². The molecule has 0 aromatic carbocycles. The standard InChI is InChI=1S/C8H13F2NO3/c1-3-13-7(12)14-6-4-11(2)5-8(6,9)10/h6H,3-5H2,1-2H3. The summed E-state index contributed by atoms with van der Waals surface area (Å²) in [4.78, 5) is 12.2. The van der Waals surface area contributed by atoms with Crippen molar-refractivity contribution in [2.75, 3.05) is 26.7 Å². The average molecular weight is 209 g/mol. The Hall–Kier alpha value is -0.910. The van der Waals surface area contributed by atoms with E-state index in [1.807, 2.05) is 0 Å².